The molecule has 0 aliphatic carbocycles. The fraction of sp³-hybridized carbons (Fsp3) is 0.130. The summed E-state index contributed by atoms with van der Waals surface area (Å²) in [5, 5.41) is 0. The fourth-order valence-corrected chi connectivity index (χ4v) is 3.41. The van der Waals surface area contributed by atoms with Crippen molar-refractivity contribution in [3.63, 3.8) is 0 Å². The molecule has 3 aromatic carbocycles. The second kappa shape index (κ2) is 7.56. The van der Waals surface area contributed by atoms with Gasteiger partial charge in [0.1, 0.15) is 6.29 Å². The van der Waals surface area contributed by atoms with Gasteiger partial charge in [0.25, 0.3) is 5.91 Å². The Kier molecular flexibility index (Phi) is 4.81. The number of carbonyl (C=O) groups is 2. The zero-order valence-corrected chi connectivity index (χ0v) is 14.7. The summed E-state index contributed by atoms with van der Waals surface area (Å²) in [6.07, 6.45) is -0.521. The molecule has 0 spiro atoms. The van der Waals surface area contributed by atoms with Crippen molar-refractivity contribution in [2.75, 3.05) is 0 Å². The molecule has 0 radical (unpaired) electrons. The average molecular weight is 357 g/mol. The van der Waals surface area contributed by atoms with Crippen LogP contribution in [0.4, 0.5) is 0 Å². The van der Waals surface area contributed by atoms with Gasteiger partial charge in [-0.15, -0.1) is 0 Å². The van der Waals surface area contributed by atoms with Crippen LogP contribution in [0, 0.1) is 0 Å². The zero-order chi connectivity index (χ0) is 18.6. The highest BCUT2D eigenvalue weighted by atomic mass is 16.5. The summed E-state index contributed by atoms with van der Waals surface area (Å²) in [4.78, 5) is 26.4. The van der Waals surface area contributed by atoms with Crippen LogP contribution in [0.5, 0.6) is 0 Å². The van der Waals surface area contributed by atoms with Crippen molar-refractivity contribution in [1.82, 2.24) is 4.90 Å². The molecule has 4 nitrogen and oxygen atoms in total. The van der Waals surface area contributed by atoms with Gasteiger partial charge in [-0.05, 0) is 5.56 Å². The zero-order valence-electron chi connectivity index (χ0n) is 14.7. The molecule has 1 fully saturated rings. The lowest BCUT2D eigenvalue weighted by atomic mass is 10.0. The number of carbonyl (C=O) groups excluding carboxylic acids is 2. The van der Waals surface area contributed by atoms with Gasteiger partial charge >= 0.3 is 0 Å². The van der Waals surface area contributed by atoms with E-state index >= 15 is 0 Å². The van der Waals surface area contributed by atoms with E-state index in [4.69, 9.17) is 4.74 Å². The summed E-state index contributed by atoms with van der Waals surface area (Å²) >= 11 is 0. The highest BCUT2D eigenvalue weighted by Crippen LogP contribution is 2.40. The summed E-state index contributed by atoms with van der Waals surface area (Å²) in [5.74, 6) is -0.137. The summed E-state index contributed by atoms with van der Waals surface area (Å²) in [7, 11) is 0. The molecular formula is C23H19NO3. The first-order valence-electron chi connectivity index (χ1n) is 8.87. The van der Waals surface area contributed by atoms with Gasteiger partial charge in [-0.2, -0.15) is 0 Å². The van der Waals surface area contributed by atoms with E-state index in [-0.39, 0.29) is 5.91 Å². The topological polar surface area (TPSA) is 46.6 Å². The SMILES string of the molecule is O=Cc1ccccc1[C@@H]1O[C@@H](c2ccccc2)N(Cc2ccccc2)C1=O. The van der Waals surface area contributed by atoms with Crippen LogP contribution in [-0.2, 0) is 16.1 Å². The molecule has 1 heterocycles. The standard InChI is InChI=1S/C23H19NO3/c25-16-19-13-7-8-14-20(19)21-22(26)24(15-17-9-3-1-4-10-17)23(27-21)18-11-5-2-6-12-18/h1-14,16,21,23H,15H2/t21-,23-/m0/s1. The Morgan fingerprint density at radius 3 is 2.19 bits per heavy atom. The molecule has 0 aromatic heterocycles. The smallest absolute Gasteiger partial charge is 0.259 e. The van der Waals surface area contributed by atoms with Gasteiger partial charge in [0.15, 0.2) is 12.3 Å². The molecule has 2 atom stereocenters. The largest absolute Gasteiger partial charge is 0.336 e. The van der Waals surface area contributed by atoms with Crippen LogP contribution < -0.4 is 0 Å². The van der Waals surface area contributed by atoms with Crippen LogP contribution in [0.25, 0.3) is 0 Å². The lowest BCUT2D eigenvalue weighted by Gasteiger charge is -2.23. The Hall–Kier alpha value is -3.24. The number of amides is 1. The highest BCUT2D eigenvalue weighted by molar-refractivity contribution is 5.88. The number of ether oxygens (including phenoxy) is 1. The molecule has 0 saturated carbocycles. The molecule has 3 aromatic rings. The summed E-state index contributed by atoms with van der Waals surface area (Å²) < 4.78 is 6.19. The van der Waals surface area contributed by atoms with Crippen molar-refractivity contribution in [3.05, 3.63) is 107 Å². The maximum atomic E-state index is 13.2. The molecule has 1 aliphatic rings. The predicted molar refractivity (Wildman–Crippen MR) is 102 cm³/mol. The summed E-state index contributed by atoms with van der Waals surface area (Å²) in [6, 6.07) is 26.6. The lowest BCUT2D eigenvalue weighted by Crippen LogP contribution is -2.29. The minimum absolute atomic E-state index is 0.137. The third-order valence-corrected chi connectivity index (χ3v) is 4.74. The van der Waals surface area contributed by atoms with E-state index in [2.05, 4.69) is 0 Å². The first kappa shape index (κ1) is 17.2. The van der Waals surface area contributed by atoms with E-state index in [9.17, 15) is 9.59 Å². The van der Waals surface area contributed by atoms with Gasteiger partial charge in [-0.3, -0.25) is 9.59 Å². The lowest BCUT2D eigenvalue weighted by molar-refractivity contribution is -0.131. The Balaban J connectivity index is 1.72. The van der Waals surface area contributed by atoms with E-state index in [1.807, 2.05) is 66.7 Å². The molecule has 0 unspecified atom stereocenters. The monoisotopic (exact) mass is 357 g/mol. The van der Waals surface area contributed by atoms with Crippen molar-refractivity contribution in [2.24, 2.45) is 0 Å². The number of nitrogens with zero attached hydrogens (tertiary/aromatic N) is 1. The molecule has 1 amide bonds. The predicted octanol–water partition coefficient (Wildman–Crippen LogP) is 4.30. The van der Waals surface area contributed by atoms with Crippen molar-refractivity contribution in [3.8, 4) is 0 Å². The van der Waals surface area contributed by atoms with Gasteiger partial charge in [-0.1, -0.05) is 84.9 Å². The van der Waals surface area contributed by atoms with Gasteiger partial charge in [-0.25, -0.2) is 0 Å². The van der Waals surface area contributed by atoms with E-state index in [1.165, 1.54) is 0 Å². The maximum absolute atomic E-state index is 13.2. The Morgan fingerprint density at radius 1 is 0.852 bits per heavy atom. The Bertz CT molecular complexity index is 940. The van der Waals surface area contributed by atoms with Crippen LogP contribution in [0.3, 0.4) is 0 Å². The molecule has 1 saturated heterocycles. The van der Waals surface area contributed by atoms with Crippen molar-refractivity contribution in [1.29, 1.82) is 0 Å². The fourth-order valence-electron chi connectivity index (χ4n) is 3.41. The van der Waals surface area contributed by atoms with Crippen molar-refractivity contribution < 1.29 is 14.3 Å². The molecule has 4 rings (SSSR count). The number of rotatable bonds is 5. The third-order valence-electron chi connectivity index (χ3n) is 4.74. The summed E-state index contributed by atoms with van der Waals surface area (Å²) in [6.45, 7) is 0.443. The first-order chi connectivity index (χ1) is 13.3. The Morgan fingerprint density at radius 2 is 1.48 bits per heavy atom. The second-order valence-corrected chi connectivity index (χ2v) is 6.48. The Labute approximate surface area is 158 Å². The van der Waals surface area contributed by atoms with Crippen LogP contribution in [0.1, 0.15) is 39.4 Å². The van der Waals surface area contributed by atoms with Crippen LogP contribution in [-0.4, -0.2) is 17.1 Å². The van der Waals surface area contributed by atoms with Crippen molar-refractivity contribution in [2.45, 2.75) is 18.9 Å². The van der Waals surface area contributed by atoms with E-state index in [1.54, 1.807) is 23.1 Å². The van der Waals surface area contributed by atoms with E-state index in [0.29, 0.717) is 17.7 Å². The molecule has 27 heavy (non-hydrogen) atoms. The van der Waals surface area contributed by atoms with Crippen LogP contribution in [0.15, 0.2) is 84.9 Å². The molecular weight excluding hydrogens is 338 g/mol. The van der Waals surface area contributed by atoms with Gasteiger partial charge in [0.05, 0.1) is 0 Å². The molecule has 134 valence electrons. The van der Waals surface area contributed by atoms with E-state index < -0.39 is 12.3 Å². The van der Waals surface area contributed by atoms with Crippen LogP contribution >= 0.6 is 0 Å². The van der Waals surface area contributed by atoms with Gasteiger partial charge in [0, 0.05) is 23.2 Å². The molecule has 0 bridgehead atoms. The van der Waals surface area contributed by atoms with Gasteiger partial charge in [0.2, 0.25) is 0 Å². The number of benzene rings is 3. The van der Waals surface area contributed by atoms with Crippen LogP contribution in [0.2, 0.25) is 0 Å². The molecule has 1 aliphatic heterocycles. The summed E-state index contributed by atoms with van der Waals surface area (Å²) in [5.41, 5.74) is 3.02. The minimum atomic E-state index is -0.791. The van der Waals surface area contributed by atoms with Crippen molar-refractivity contribution >= 4 is 12.2 Å². The van der Waals surface area contributed by atoms with Gasteiger partial charge < -0.3 is 9.64 Å². The number of hydrogen-bond donors (Lipinski definition) is 0. The highest BCUT2D eigenvalue weighted by Gasteiger charge is 2.42. The second-order valence-electron chi connectivity index (χ2n) is 6.48. The normalized spacial score (nSPS) is 19.3. The molecule has 4 heteroatoms. The maximum Gasteiger partial charge on any atom is 0.259 e. The minimum Gasteiger partial charge on any atom is -0.336 e. The number of aldehydes is 1. The van der Waals surface area contributed by atoms with E-state index in [0.717, 1.165) is 17.4 Å². The molecule has 0 N–H and O–H groups in total. The average Bonchev–Trinajstić information content (AvgIpc) is 3.05. The first-order valence-corrected chi connectivity index (χ1v) is 8.87. The quantitative estimate of drug-likeness (QED) is 0.640. The third kappa shape index (κ3) is 3.39. The number of hydrogen-bond acceptors (Lipinski definition) is 3.